The Morgan fingerprint density at radius 3 is 2.09 bits per heavy atom. The predicted octanol–water partition coefficient (Wildman–Crippen LogP) is 3.49. The van der Waals surface area contributed by atoms with E-state index < -0.39 is 0 Å². The Hall–Kier alpha value is -2.68. The number of fused-ring (bicyclic) bond motifs is 1. The molecule has 2 aromatic rings. The first-order valence-electron chi connectivity index (χ1n) is 8.03. The van der Waals surface area contributed by atoms with Gasteiger partial charge in [0.2, 0.25) is 0 Å². The summed E-state index contributed by atoms with van der Waals surface area (Å²) in [6, 6.07) is 14.6. The van der Waals surface area contributed by atoms with Crippen molar-refractivity contribution in [1.29, 1.82) is 0 Å². The Labute approximate surface area is 134 Å². The largest absolute Gasteiger partial charge is 0.269 e. The zero-order valence-corrected chi connectivity index (χ0v) is 12.5. The van der Waals surface area contributed by atoms with Gasteiger partial charge < -0.3 is 0 Å². The van der Waals surface area contributed by atoms with Crippen LogP contribution < -0.4 is 4.90 Å². The van der Waals surface area contributed by atoms with Gasteiger partial charge in [0, 0.05) is 24.0 Å². The minimum atomic E-state index is -0.238. The summed E-state index contributed by atoms with van der Waals surface area (Å²) in [6.07, 6.45) is 4.93. The number of benzene rings is 2. The number of nitrogens with zero attached hydrogens (tertiary/aromatic N) is 1. The first kappa shape index (κ1) is 12.8. The summed E-state index contributed by atoms with van der Waals surface area (Å²) in [5, 5.41) is 0. The van der Waals surface area contributed by atoms with Gasteiger partial charge in [-0.05, 0) is 41.2 Å². The molecule has 0 aromatic heterocycles. The van der Waals surface area contributed by atoms with Gasteiger partial charge >= 0.3 is 0 Å². The quantitative estimate of drug-likeness (QED) is 0.756. The molecule has 0 saturated carbocycles. The smallest absolute Gasteiger partial charge is 0.258 e. The normalized spacial score (nSPS) is 24.1. The number of imide groups is 1. The van der Waals surface area contributed by atoms with Gasteiger partial charge in [-0.25, -0.2) is 4.90 Å². The summed E-state index contributed by atoms with van der Waals surface area (Å²) < 4.78 is 0. The van der Waals surface area contributed by atoms with E-state index in [1.165, 1.54) is 39.3 Å². The van der Waals surface area contributed by atoms with Gasteiger partial charge in [-0.15, -0.1) is 0 Å². The highest BCUT2D eigenvalue weighted by Gasteiger charge is 2.40. The van der Waals surface area contributed by atoms with E-state index in [4.69, 9.17) is 0 Å². The fourth-order valence-electron chi connectivity index (χ4n) is 4.50. The molecule has 4 aliphatic rings. The van der Waals surface area contributed by atoms with Crippen molar-refractivity contribution in [3.63, 3.8) is 0 Å². The third kappa shape index (κ3) is 1.59. The van der Waals surface area contributed by atoms with Crippen LogP contribution in [0.1, 0.15) is 46.9 Å². The van der Waals surface area contributed by atoms with E-state index in [1.54, 1.807) is 0 Å². The van der Waals surface area contributed by atoms with Crippen molar-refractivity contribution in [2.75, 3.05) is 4.90 Å². The van der Waals surface area contributed by atoms with Gasteiger partial charge in [-0.1, -0.05) is 36.4 Å². The molecule has 1 aliphatic heterocycles. The highest BCUT2D eigenvalue weighted by molar-refractivity contribution is 6.28. The van der Waals surface area contributed by atoms with E-state index in [2.05, 4.69) is 30.3 Å². The van der Waals surface area contributed by atoms with E-state index in [1.807, 2.05) is 12.1 Å². The molecule has 2 atom stereocenters. The van der Waals surface area contributed by atoms with Gasteiger partial charge in [-0.3, -0.25) is 9.59 Å². The highest BCUT2D eigenvalue weighted by atomic mass is 16.2. The zero-order chi connectivity index (χ0) is 15.6. The van der Waals surface area contributed by atoms with E-state index in [9.17, 15) is 9.59 Å². The first-order valence-corrected chi connectivity index (χ1v) is 8.03. The lowest BCUT2D eigenvalue weighted by atomic mass is 9.63. The molecule has 3 nitrogen and oxygen atoms in total. The third-order valence-corrected chi connectivity index (χ3v) is 5.38. The van der Waals surface area contributed by atoms with Crippen LogP contribution in [0.4, 0.5) is 5.69 Å². The van der Waals surface area contributed by atoms with Crippen molar-refractivity contribution < 1.29 is 9.59 Å². The van der Waals surface area contributed by atoms with Crippen LogP contribution in [0, 0.1) is 0 Å². The fourth-order valence-corrected chi connectivity index (χ4v) is 4.50. The van der Waals surface area contributed by atoms with E-state index in [0.29, 0.717) is 5.92 Å². The molecule has 6 rings (SSSR count). The Bertz CT molecular complexity index is 878. The molecule has 0 fully saturated rings. The van der Waals surface area contributed by atoms with Crippen LogP contribution in [-0.4, -0.2) is 11.8 Å². The average Bonchev–Trinajstić information content (AvgIpc) is 2.93. The van der Waals surface area contributed by atoms with Crippen LogP contribution in [0.5, 0.6) is 0 Å². The Balaban J connectivity index is 1.75. The van der Waals surface area contributed by atoms with Crippen LogP contribution >= 0.6 is 0 Å². The first-order chi connectivity index (χ1) is 11.3. The lowest BCUT2D eigenvalue weighted by Crippen LogP contribution is -2.33. The molecule has 2 aromatic carbocycles. The highest BCUT2D eigenvalue weighted by Crippen LogP contribution is 2.55. The second kappa shape index (κ2) is 4.42. The summed E-state index contributed by atoms with van der Waals surface area (Å²) in [5.74, 6) is 0.187. The minimum absolute atomic E-state index is 0.238. The number of anilines is 1. The summed E-state index contributed by atoms with van der Waals surface area (Å²) in [6.45, 7) is 0. The third-order valence-electron chi connectivity index (χ3n) is 5.38. The molecule has 0 saturated heterocycles. The number of carbonyl (C=O) groups excluding carboxylic acids is 2. The SMILES string of the molecule is O=C1C=CC(=O)N1c1cccc2c1C1CCC2c2ccccc21. The van der Waals surface area contributed by atoms with Crippen molar-refractivity contribution >= 4 is 17.5 Å². The molecule has 112 valence electrons. The fraction of sp³-hybridized carbons (Fsp3) is 0.200. The van der Waals surface area contributed by atoms with Crippen LogP contribution in [0.2, 0.25) is 0 Å². The molecule has 3 aliphatic carbocycles. The Morgan fingerprint density at radius 2 is 1.35 bits per heavy atom. The molecule has 0 N–H and O–H groups in total. The second-order valence-electron chi connectivity index (χ2n) is 6.44. The maximum absolute atomic E-state index is 12.1. The maximum Gasteiger partial charge on any atom is 0.258 e. The number of hydrogen-bond donors (Lipinski definition) is 0. The van der Waals surface area contributed by atoms with Crippen LogP contribution in [-0.2, 0) is 9.59 Å². The molecule has 2 unspecified atom stereocenters. The molecule has 0 spiro atoms. The lowest BCUT2D eigenvalue weighted by molar-refractivity contribution is -0.120. The molecular formula is C20H15NO2. The average molecular weight is 301 g/mol. The number of hydrogen-bond acceptors (Lipinski definition) is 2. The molecule has 2 amide bonds. The van der Waals surface area contributed by atoms with Gasteiger partial charge in [0.15, 0.2) is 0 Å². The molecule has 1 heterocycles. The van der Waals surface area contributed by atoms with Gasteiger partial charge in [0.05, 0.1) is 5.69 Å². The number of carbonyl (C=O) groups is 2. The van der Waals surface area contributed by atoms with Crippen molar-refractivity contribution in [3.8, 4) is 0 Å². The Kier molecular flexibility index (Phi) is 2.46. The van der Waals surface area contributed by atoms with E-state index >= 15 is 0 Å². The standard InChI is InChI=1S/C20H15NO2/c22-18-10-11-19(23)21(18)17-7-3-6-15-14-8-9-16(20(15)17)13-5-2-1-4-12(13)14/h1-7,10-11,14,16H,8-9H2. The van der Waals surface area contributed by atoms with Gasteiger partial charge in [0.25, 0.3) is 11.8 Å². The lowest BCUT2D eigenvalue weighted by Gasteiger charge is -2.42. The van der Waals surface area contributed by atoms with E-state index in [0.717, 1.165) is 18.5 Å². The van der Waals surface area contributed by atoms with Gasteiger partial charge in [-0.2, -0.15) is 0 Å². The monoisotopic (exact) mass is 301 g/mol. The summed E-state index contributed by atoms with van der Waals surface area (Å²) >= 11 is 0. The number of rotatable bonds is 1. The van der Waals surface area contributed by atoms with Crippen LogP contribution in [0.3, 0.4) is 0 Å². The topological polar surface area (TPSA) is 37.4 Å². The summed E-state index contributed by atoms with van der Waals surface area (Å²) in [7, 11) is 0. The zero-order valence-electron chi connectivity index (χ0n) is 12.5. The molecule has 3 heteroatoms. The van der Waals surface area contributed by atoms with Crippen molar-refractivity contribution in [2.45, 2.75) is 24.7 Å². The van der Waals surface area contributed by atoms with Crippen LogP contribution in [0.25, 0.3) is 0 Å². The van der Waals surface area contributed by atoms with Crippen molar-refractivity contribution in [3.05, 3.63) is 76.9 Å². The second-order valence-corrected chi connectivity index (χ2v) is 6.44. The molecule has 0 radical (unpaired) electrons. The van der Waals surface area contributed by atoms with Crippen molar-refractivity contribution in [1.82, 2.24) is 0 Å². The summed E-state index contributed by atoms with van der Waals surface area (Å²) in [5.41, 5.74) is 5.99. The Morgan fingerprint density at radius 1 is 0.739 bits per heavy atom. The maximum atomic E-state index is 12.1. The minimum Gasteiger partial charge on any atom is -0.269 e. The predicted molar refractivity (Wildman–Crippen MR) is 87.4 cm³/mol. The van der Waals surface area contributed by atoms with Crippen molar-refractivity contribution in [2.24, 2.45) is 0 Å². The number of amides is 2. The van der Waals surface area contributed by atoms with E-state index in [-0.39, 0.29) is 17.7 Å². The molecule has 23 heavy (non-hydrogen) atoms. The molecular weight excluding hydrogens is 286 g/mol. The summed E-state index contributed by atoms with van der Waals surface area (Å²) in [4.78, 5) is 25.6. The van der Waals surface area contributed by atoms with Gasteiger partial charge in [0.1, 0.15) is 0 Å². The molecule has 2 bridgehead atoms. The van der Waals surface area contributed by atoms with Crippen LogP contribution in [0.15, 0.2) is 54.6 Å².